The van der Waals surface area contributed by atoms with Crippen LogP contribution in [0.5, 0.6) is 0 Å². The van der Waals surface area contributed by atoms with Gasteiger partial charge in [-0.25, -0.2) is 4.68 Å². The summed E-state index contributed by atoms with van der Waals surface area (Å²) in [6.07, 6.45) is 0.104. The van der Waals surface area contributed by atoms with Gasteiger partial charge in [-0.1, -0.05) is 18.2 Å². The van der Waals surface area contributed by atoms with Gasteiger partial charge in [-0.15, -0.1) is 0 Å². The van der Waals surface area contributed by atoms with Gasteiger partial charge in [-0.3, -0.25) is 9.59 Å². The van der Waals surface area contributed by atoms with E-state index < -0.39 is 0 Å². The van der Waals surface area contributed by atoms with Gasteiger partial charge in [0.05, 0.1) is 17.5 Å². The molecule has 0 atom stereocenters. The number of rotatable bonds is 6. The van der Waals surface area contributed by atoms with Crippen molar-refractivity contribution in [3.8, 4) is 0 Å². The number of hydrogen-bond acceptors (Lipinski definition) is 4. The molecule has 0 fully saturated rings. The summed E-state index contributed by atoms with van der Waals surface area (Å²) in [5.74, 6) is -0.165. The average molecular weight is 364 g/mol. The molecule has 0 radical (unpaired) electrons. The Bertz CT molecular complexity index is 1000. The Morgan fingerprint density at radius 3 is 2.30 bits per heavy atom. The van der Waals surface area contributed by atoms with Crippen molar-refractivity contribution in [2.75, 3.05) is 23.3 Å². The van der Waals surface area contributed by atoms with Gasteiger partial charge in [0.1, 0.15) is 0 Å². The van der Waals surface area contributed by atoms with Crippen LogP contribution < -0.4 is 15.8 Å². The summed E-state index contributed by atoms with van der Waals surface area (Å²) in [6.45, 7) is 6.11. The molecule has 3 aromatic rings. The van der Waals surface area contributed by atoms with E-state index in [1.54, 1.807) is 13.1 Å². The normalized spacial score (nSPS) is 10.8. The number of nitrogens with one attached hydrogen (secondary N) is 1. The number of carbonyl (C=O) groups excluding carboxylic acids is 1. The molecule has 0 aliphatic rings. The third-order valence-corrected chi connectivity index (χ3v) is 4.64. The largest absolute Gasteiger partial charge is 0.372 e. The summed E-state index contributed by atoms with van der Waals surface area (Å²) in [6, 6.07) is 15.0. The molecule has 0 aliphatic carbocycles. The summed E-state index contributed by atoms with van der Waals surface area (Å²) in [5, 5.41) is 8.47. The van der Waals surface area contributed by atoms with Crippen LogP contribution in [0, 0.1) is 0 Å². The highest BCUT2D eigenvalue weighted by atomic mass is 16.1. The number of benzene rings is 2. The van der Waals surface area contributed by atoms with Crippen LogP contribution in [0.2, 0.25) is 0 Å². The highest BCUT2D eigenvalue weighted by Crippen LogP contribution is 2.18. The third kappa shape index (κ3) is 4.00. The zero-order valence-corrected chi connectivity index (χ0v) is 15.9. The minimum absolute atomic E-state index is 0.104. The van der Waals surface area contributed by atoms with Gasteiger partial charge in [0, 0.05) is 36.9 Å². The van der Waals surface area contributed by atoms with Gasteiger partial charge in [-0.2, -0.15) is 5.10 Å². The van der Waals surface area contributed by atoms with E-state index in [2.05, 4.69) is 29.2 Å². The molecule has 6 nitrogen and oxygen atoms in total. The van der Waals surface area contributed by atoms with Crippen molar-refractivity contribution in [1.82, 2.24) is 9.78 Å². The van der Waals surface area contributed by atoms with Crippen molar-refractivity contribution < 1.29 is 4.79 Å². The fourth-order valence-electron chi connectivity index (χ4n) is 3.21. The van der Waals surface area contributed by atoms with Crippen LogP contribution in [0.1, 0.15) is 19.5 Å². The number of carbonyl (C=O) groups is 1. The third-order valence-electron chi connectivity index (χ3n) is 4.64. The molecule has 0 spiro atoms. The van der Waals surface area contributed by atoms with Crippen LogP contribution in [0.25, 0.3) is 10.8 Å². The molecule has 6 heteroatoms. The van der Waals surface area contributed by atoms with E-state index in [0.717, 1.165) is 24.5 Å². The molecule has 1 heterocycles. The Morgan fingerprint density at radius 1 is 1.04 bits per heavy atom. The molecule has 0 unspecified atom stereocenters. The second-order valence-corrected chi connectivity index (χ2v) is 6.37. The number of fused-ring (bicyclic) bond motifs is 1. The summed E-state index contributed by atoms with van der Waals surface area (Å²) in [7, 11) is 1.60. The number of nitrogens with zero attached hydrogens (tertiary/aromatic N) is 3. The predicted octanol–water partition coefficient (Wildman–Crippen LogP) is 2.96. The molecule has 1 amide bonds. The smallest absolute Gasteiger partial charge is 0.274 e. The lowest BCUT2D eigenvalue weighted by Gasteiger charge is -2.21. The molecule has 0 bridgehead atoms. The summed E-state index contributed by atoms with van der Waals surface area (Å²) < 4.78 is 1.28. The second-order valence-electron chi connectivity index (χ2n) is 6.37. The number of anilines is 2. The first kappa shape index (κ1) is 18.6. The quantitative estimate of drug-likeness (QED) is 0.730. The van der Waals surface area contributed by atoms with Gasteiger partial charge in [0.2, 0.25) is 5.91 Å². The lowest BCUT2D eigenvalue weighted by atomic mass is 10.1. The molecule has 1 aromatic heterocycles. The molecule has 0 saturated heterocycles. The lowest BCUT2D eigenvalue weighted by Crippen LogP contribution is -2.24. The van der Waals surface area contributed by atoms with E-state index in [4.69, 9.17) is 0 Å². The standard InChI is InChI=1S/C21H24N4O2/c1-4-25(5-2)16-12-10-15(11-13-16)22-20(26)14-19-17-8-6-7-9-18(17)21(27)24(3)23-19/h6-13H,4-5,14H2,1-3H3,(H,22,26). The van der Waals surface area contributed by atoms with E-state index >= 15 is 0 Å². The van der Waals surface area contributed by atoms with E-state index in [1.807, 2.05) is 42.5 Å². The van der Waals surface area contributed by atoms with Gasteiger partial charge >= 0.3 is 0 Å². The number of hydrogen-bond donors (Lipinski definition) is 1. The van der Waals surface area contributed by atoms with Crippen LogP contribution in [-0.2, 0) is 18.3 Å². The Labute approximate surface area is 158 Å². The number of aromatic nitrogens is 2. The van der Waals surface area contributed by atoms with Crippen molar-refractivity contribution in [1.29, 1.82) is 0 Å². The van der Waals surface area contributed by atoms with Crippen molar-refractivity contribution in [2.45, 2.75) is 20.3 Å². The SMILES string of the molecule is CCN(CC)c1ccc(NC(=O)Cc2nn(C)c(=O)c3ccccc23)cc1. The fourth-order valence-corrected chi connectivity index (χ4v) is 3.21. The first-order valence-corrected chi connectivity index (χ1v) is 9.13. The summed E-state index contributed by atoms with van der Waals surface area (Å²) in [4.78, 5) is 26.9. The Morgan fingerprint density at radius 2 is 1.67 bits per heavy atom. The molecular weight excluding hydrogens is 340 g/mol. The Kier molecular flexibility index (Phi) is 5.54. The summed E-state index contributed by atoms with van der Waals surface area (Å²) in [5.41, 5.74) is 2.29. The van der Waals surface area contributed by atoms with E-state index in [-0.39, 0.29) is 17.9 Å². The van der Waals surface area contributed by atoms with E-state index in [1.165, 1.54) is 4.68 Å². The zero-order chi connectivity index (χ0) is 19.4. The highest BCUT2D eigenvalue weighted by molar-refractivity contribution is 5.95. The fraction of sp³-hybridized carbons (Fsp3) is 0.286. The van der Waals surface area contributed by atoms with Crippen molar-refractivity contribution in [3.05, 3.63) is 64.6 Å². The molecule has 1 N–H and O–H groups in total. The van der Waals surface area contributed by atoms with Crippen molar-refractivity contribution in [2.24, 2.45) is 7.05 Å². The van der Waals surface area contributed by atoms with Crippen LogP contribution in [-0.4, -0.2) is 28.8 Å². The Hall–Kier alpha value is -3.15. The monoisotopic (exact) mass is 364 g/mol. The van der Waals surface area contributed by atoms with E-state index in [9.17, 15) is 9.59 Å². The van der Waals surface area contributed by atoms with Gasteiger partial charge in [-0.05, 0) is 44.2 Å². The second kappa shape index (κ2) is 8.03. The van der Waals surface area contributed by atoms with Gasteiger partial charge in [0.15, 0.2) is 0 Å². The predicted molar refractivity (Wildman–Crippen MR) is 109 cm³/mol. The van der Waals surface area contributed by atoms with Gasteiger partial charge < -0.3 is 10.2 Å². The minimum Gasteiger partial charge on any atom is -0.372 e. The van der Waals surface area contributed by atoms with Crippen LogP contribution >= 0.6 is 0 Å². The number of amides is 1. The topological polar surface area (TPSA) is 67.2 Å². The molecule has 0 saturated carbocycles. The van der Waals surface area contributed by atoms with Crippen LogP contribution in [0.4, 0.5) is 11.4 Å². The van der Waals surface area contributed by atoms with Crippen LogP contribution in [0.3, 0.4) is 0 Å². The maximum Gasteiger partial charge on any atom is 0.274 e. The van der Waals surface area contributed by atoms with Crippen molar-refractivity contribution >= 4 is 28.1 Å². The lowest BCUT2D eigenvalue weighted by molar-refractivity contribution is -0.115. The number of aryl methyl sites for hydroxylation is 1. The Balaban J connectivity index is 1.78. The van der Waals surface area contributed by atoms with Crippen molar-refractivity contribution in [3.63, 3.8) is 0 Å². The maximum absolute atomic E-state index is 12.5. The zero-order valence-electron chi connectivity index (χ0n) is 15.9. The molecule has 0 aliphatic heterocycles. The highest BCUT2D eigenvalue weighted by Gasteiger charge is 2.12. The molecule has 140 valence electrons. The minimum atomic E-state index is -0.165. The first-order chi connectivity index (χ1) is 13.0. The molecule has 27 heavy (non-hydrogen) atoms. The maximum atomic E-state index is 12.5. The van der Waals surface area contributed by atoms with Gasteiger partial charge in [0.25, 0.3) is 5.56 Å². The molecule has 3 rings (SSSR count). The summed E-state index contributed by atoms with van der Waals surface area (Å²) >= 11 is 0. The molecular formula is C21H24N4O2. The van der Waals surface area contributed by atoms with Crippen LogP contribution in [0.15, 0.2) is 53.3 Å². The van der Waals surface area contributed by atoms with E-state index in [0.29, 0.717) is 16.5 Å². The average Bonchev–Trinajstić information content (AvgIpc) is 2.68. The molecule has 2 aromatic carbocycles. The first-order valence-electron chi connectivity index (χ1n) is 9.13.